The molecular formula is C20H24N2O3. The molecule has 2 aromatic rings. The molecule has 0 spiro atoms. The molecular weight excluding hydrogens is 316 g/mol. The lowest BCUT2D eigenvalue weighted by atomic mass is 9.93. The van der Waals surface area contributed by atoms with Gasteiger partial charge in [0, 0.05) is 38.2 Å². The Morgan fingerprint density at radius 3 is 2.84 bits per heavy atom. The second-order valence-corrected chi connectivity index (χ2v) is 6.49. The Bertz CT molecular complexity index is 839. The zero-order valence-corrected chi connectivity index (χ0v) is 14.7. The fourth-order valence-corrected chi connectivity index (χ4v) is 3.16. The summed E-state index contributed by atoms with van der Waals surface area (Å²) >= 11 is 0. The van der Waals surface area contributed by atoms with E-state index in [1.165, 1.54) is 23.3 Å². The van der Waals surface area contributed by atoms with E-state index in [0.29, 0.717) is 0 Å². The van der Waals surface area contributed by atoms with Gasteiger partial charge < -0.3 is 9.84 Å². The van der Waals surface area contributed by atoms with E-state index in [-0.39, 0.29) is 11.3 Å². The SMILES string of the molecule is COCCN(C)Cc1ccc2c(c1)CCC(n1ccc(O)cc1=O)=C2. The molecule has 0 unspecified atom stereocenters. The van der Waals surface area contributed by atoms with Gasteiger partial charge in [-0.1, -0.05) is 18.2 Å². The summed E-state index contributed by atoms with van der Waals surface area (Å²) in [6.07, 6.45) is 5.41. The molecule has 0 amide bonds. The van der Waals surface area contributed by atoms with Gasteiger partial charge in [-0.2, -0.15) is 0 Å². The molecule has 1 aromatic carbocycles. The summed E-state index contributed by atoms with van der Waals surface area (Å²) < 4.78 is 6.72. The van der Waals surface area contributed by atoms with Gasteiger partial charge in [-0.3, -0.25) is 14.3 Å². The van der Waals surface area contributed by atoms with Crippen molar-refractivity contribution in [1.82, 2.24) is 9.47 Å². The predicted molar refractivity (Wildman–Crippen MR) is 99.5 cm³/mol. The maximum Gasteiger partial charge on any atom is 0.258 e. The smallest absolute Gasteiger partial charge is 0.258 e. The molecule has 5 nitrogen and oxygen atoms in total. The zero-order valence-electron chi connectivity index (χ0n) is 14.7. The van der Waals surface area contributed by atoms with E-state index >= 15 is 0 Å². The Balaban J connectivity index is 1.80. The van der Waals surface area contributed by atoms with E-state index in [1.807, 2.05) is 0 Å². The van der Waals surface area contributed by atoms with Crippen molar-refractivity contribution >= 4 is 11.8 Å². The van der Waals surface area contributed by atoms with Gasteiger partial charge in [0.15, 0.2) is 0 Å². The van der Waals surface area contributed by atoms with Gasteiger partial charge in [0.25, 0.3) is 5.56 Å². The third-order valence-corrected chi connectivity index (χ3v) is 4.52. The Hall–Kier alpha value is -2.37. The van der Waals surface area contributed by atoms with Crippen LogP contribution in [0.2, 0.25) is 0 Å². The first-order valence-electron chi connectivity index (χ1n) is 8.49. The number of aromatic nitrogens is 1. The van der Waals surface area contributed by atoms with E-state index in [0.717, 1.165) is 43.8 Å². The molecule has 0 aliphatic heterocycles. The number of nitrogens with zero attached hydrogens (tertiary/aromatic N) is 2. The van der Waals surface area contributed by atoms with Gasteiger partial charge >= 0.3 is 0 Å². The van der Waals surface area contributed by atoms with Crippen molar-refractivity contribution in [2.24, 2.45) is 0 Å². The van der Waals surface area contributed by atoms with Crippen molar-refractivity contribution in [2.45, 2.75) is 19.4 Å². The predicted octanol–water partition coefficient (Wildman–Crippen LogP) is 2.58. The summed E-state index contributed by atoms with van der Waals surface area (Å²) in [6, 6.07) is 9.30. The summed E-state index contributed by atoms with van der Waals surface area (Å²) in [6.45, 7) is 2.53. The molecule has 1 N–H and O–H groups in total. The van der Waals surface area contributed by atoms with Gasteiger partial charge in [0.2, 0.25) is 0 Å². The highest BCUT2D eigenvalue weighted by Gasteiger charge is 2.14. The molecule has 0 saturated carbocycles. The molecule has 1 heterocycles. The molecule has 25 heavy (non-hydrogen) atoms. The molecule has 0 fully saturated rings. The van der Waals surface area contributed by atoms with Crippen molar-refractivity contribution in [3.05, 3.63) is 63.6 Å². The number of likely N-dealkylation sites (N-methyl/N-ethyl adjacent to an activating group) is 1. The first kappa shape index (κ1) is 17.5. The van der Waals surface area contributed by atoms with E-state index in [1.54, 1.807) is 17.9 Å². The van der Waals surface area contributed by atoms with Crippen LogP contribution >= 0.6 is 0 Å². The van der Waals surface area contributed by atoms with E-state index in [9.17, 15) is 9.90 Å². The lowest BCUT2D eigenvalue weighted by Crippen LogP contribution is -2.22. The Morgan fingerprint density at radius 1 is 1.24 bits per heavy atom. The second-order valence-electron chi connectivity index (χ2n) is 6.49. The molecule has 3 rings (SSSR count). The molecule has 1 aliphatic carbocycles. The molecule has 1 aliphatic rings. The molecule has 0 saturated heterocycles. The first-order chi connectivity index (χ1) is 12.1. The van der Waals surface area contributed by atoms with Crippen LogP contribution in [0.1, 0.15) is 23.1 Å². The number of fused-ring (bicyclic) bond motifs is 1. The minimum absolute atomic E-state index is 0.000272. The molecule has 132 valence electrons. The minimum Gasteiger partial charge on any atom is -0.508 e. The summed E-state index contributed by atoms with van der Waals surface area (Å²) in [5.41, 5.74) is 4.52. The molecule has 0 radical (unpaired) electrons. The van der Waals surface area contributed by atoms with Gasteiger partial charge in [0.05, 0.1) is 6.61 Å². The zero-order chi connectivity index (χ0) is 17.8. The number of aromatic hydroxyl groups is 1. The Kier molecular flexibility index (Phi) is 5.36. The molecule has 0 bridgehead atoms. The van der Waals surface area contributed by atoms with Crippen LogP contribution in [0.4, 0.5) is 0 Å². The maximum absolute atomic E-state index is 12.1. The summed E-state index contributed by atoms with van der Waals surface area (Å²) in [5.74, 6) is 0.000272. The van der Waals surface area contributed by atoms with Crippen LogP contribution in [0.25, 0.3) is 11.8 Å². The van der Waals surface area contributed by atoms with Crippen LogP contribution in [0, 0.1) is 0 Å². The normalized spacial score (nSPS) is 13.6. The van der Waals surface area contributed by atoms with Crippen LogP contribution in [0.3, 0.4) is 0 Å². The van der Waals surface area contributed by atoms with Crippen molar-refractivity contribution in [3.8, 4) is 5.75 Å². The fourth-order valence-electron chi connectivity index (χ4n) is 3.16. The molecule has 0 atom stereocenters. The number of benzene rings is 1. The number of aryl methyl sites for hydroxylation is 1. The lowest BCUT2D eigenvalue weighted by molar-refractivity contribution is 0.158. The van der Waals surface area contributed by atoms with Crippen LogP contribution in [0.5, 0.6) is 5.75 Å². The third-order valence-electron chi connectivity index (χ3n) is 4.52. The average Bonchev–Trinajstić information content (AvgIpc) is 2.59. The largest absolute Gasteiger partial charge is 0.508 e. The van der Waals surface area contributed by atoms with Crippen molar-refractivity contribution in [2.75, 3.05) is 27.3 Å². The second kappa shape index (κ2) is 7.68. The van der Waals surface area contributed by atoms with Crippen LogP contribution < -0.4 is 5.56 Å². The van der Waals surface area contributed by atoms with Crippen molar-refractivity contribution < 1.29 is 9.84 Å². The minimum atomic E-state index is -0.203. The van der Waals surface area contributed by atoms with E-state index in [2.05, 4.69) is 36.2 Å². The first-order valence-corrected chi connectivity index (χ1v) is 8.49. The third kappa shape index (κ3) is 4.18. The highest BCUT2D eigenvalue weighted by molar-refractivity contribution is 5.75. The van der Waals surface area contributed by atoms with Crippen LogP contribution in [0.15, 0.2) is 41.3 Å². The number of ether oxygens (including phenoxy) is 1. The number of rotatable bonds is 6. The molecule has 1 aromatic heterocycles. The highest BCUT2D eigenvalue weighted by Crippen LogP contribution is 2.27. The lowest BCUT2D eigenvalue weighted by Gasteiger charge is -2.21. The number of hydrogen-bond donors (Lipinski definition) is 1. The topological polar surface area (TPSA) is 54.7 Å². The monoisotopic (exact) mass is 340 g/mol. The summed E-state index contributed by atoms with van der Waals surface area (Å²) in [7, 11) is 3.81. The van der Waals surface area contributed by atoms with Gasteiger partial charge in [-0.05, 0) is 48.7 Å². The Labute approximate surface area is 147 Å². The summed E-state index contributed by atoms with van der Waals surface area (Å²) in [4.78, 5) is 14.3. The Morgan fingerprint density at radius 2 is 2.08 bits per heavy atom. The standard InChI is InChI=1S/C20H24N2O3/c1-21(9-10-25-2)14-15-3-4-17-12-18(6-5-16(17)11-15)22-8-7-19(23)13-20(22)24/h3-4,7-8,11-13,23H,5-6,9-10,14H2,1-2H3. The number of pyridine rings is 1. The average molecular weight is 340 g/mol. The number of methoxy groups -OCH3 is 1. The highest BCUT2D eigenvalue weighted by atomic mass is 16.5. The van der Waals surface area contributed by atoms with Crippen LogP contribution in [-0.2, 0) is 17.7 Å². The fraction of sp³-hybridized carbons (Fsp3) is 0.350. The number of hydrogen-bond acceptors (Lipinski definition) is 4. The molecule has 5 heteroatoms. The van der Waals surface area contributed by atoms with Crippen molar-refractivity contribution in [3.63, 3.8) is 0 Å². The maximum atomic E-state index is 12.1. The van der Waals surface area contributed by atoms with E-state index in [4.69, 9.17) is 4.74 Å². The van der Waals surface area contributed by atoms with Crippen LogP contribution in [-0.4, -0.2) is 41.9 Å². The van der Waals surface area contributed by atoms with Gasteiger partial charge in [-0.25, -0.2) is 0 Å². The number of allylic oxidation sites excluding steroid dienone is 1. The quantitative estimate of drug-likeness (QED) is 0.878. The van der Waals surface area contributed by atoms with Crippen molar-refractivity contribution in [1.29, 1.82) is 0 Å². The van der Waals surface area contributed by atoms with Gasteiger partial charge in [-0.15, -0.1) is 0 Å². The summed E-state index contributed by atoms with van der Waals surface area (Å²) in [5, 5.41) is 9.41. The van der Waals surface area contributed by atoms with E-state index < -0.39 is 0 Å². The van der Waals surface area contributed by atoms with Gasteiger partial charge in [0.1, 0.15) is 5.75 Å².